The minimum absolute atomic E-state index is 0.167. The zero-order chi connectivity index (χ0) is 16.0. The Morgan fingerprint density at radius 2 is 1.81 bits per heavy atom. The zero-order valence-electron chi connectivity index (χ0n) is 12.2. The molecule has 0 spiro atoms. The standard InChI is InChI=1S/C15H18INO4/c1-15(2,3)12(18)9-21-13(19)8-17-14(20)10-6-4-5-7-11(10)16/h4-7H,8-9H2,1-3H3,(H,17,20). The van der Waals surface area contributed by atoms with Gasteiger partial charge >= 0.3 is 5.97 Å². The lowest BCUT2D eigenvalue weighted by molar-refractivity contribution is -0.149. The molecule has 1 rings (SSSR count). The Balaban J connectivity index is 2.42. The molecule has 0 aliphatic carbocycles. The number of carbonyl (C=O) groups is 3. The second kappa shape index (κ2) is 7.53. The maximum atomic E-state index is 11.9. The molecule has 0 aromatic heterocycles. The molecule has 0 bridgehead atoms. The van der Waals surface area contributed by atoms with Crippen LogP contribution in [0.15, 0.2) is 24.3 Å². The normalized spacial score (nSPS) is 10.9. The first kappa shape index (κ1) is 17.6. The van der Waals surface area contributed by atoms with Crippen LogP contribution in [0.4, 0.5) is 0 Å². The van der Waals surface area contributed by atoms with Gasteiger partial charge in [-0.3, -0.25) is 14.4 Å². The molecule has 0 saturated carbocycles. The van der Waals surface area contributed by atoms with Crippen molar-refractivity contribution in [3.05, 3.63) is 33.4 Å². The highest BCUT2D eigenvalue weighted by Crippen LogP contribution is 2.14. The molecule has 21 heavy (non-hydrogen) atoms. The summed E-state index contributed by atoms with van der Waals surface area (Å²) in [7, 11) is 0. The topological polar surface area (TPSA) is 72.5 Å². The average Bonchev–Trinajstić information content (AvgIpc) is 2.41. The lowest BCUT2D eigenvalue weighted by Crippen LogP contribution is -2.33. The third kappa shape index (κ3) is 5.82. The Morgan fingerprint density at radius 3 is 2.38 bits per heavy atom. The molecule has 0 aliphatic rings. The second-order valence-electron chi connectivity index (χ2n) is 5.50. The van der Waals surface area contributed by atoms with Crippen molar-refractivity contribution in [1.82, 2.24) is 5.32 Å². The molecule has 0 unspecified atom stereocenters. The highest BCUT2D eigenvalue weighted by molar-refractivity contribution is 14.1. The van der Waals surface area contributed by atoms with E-state index in [9.17, 15) is 14.4 Å². The highest BCUT2D eigenvalue weighted by atomic mass is 127. The molecule has 0 saturated heterocycles. The number of ether oxygens (including phenoxy) is 1. The van der Waals surface area contributed by atoms with Crippen LogP contribution in [0.3, 0.4) is 0 Å². The van der Waals surface area contributed by atoms with Crippen LogP contribution in [-0.4, -0.2) is 30.8 Å². The Hall–Kier alpha value is -1.44. The molecule has 0 atom stereocenters. The van der Waals surface area contributed by atoms with E-state index in [-0.39, 0.29) is 24.8 Å². The first-order valence-electron chi connectivity index (χ1n) is 6.43. The molecule has 1 N–H and O–H groups in total. The van der Waals surface area contributed by atoms with Gasteiger partial charge in [-0.2, -0.15) is 0 Å². The van der Waals surface area contributed by atoms with Gasteiger partial charge < -0.3 is 10.1 Å². The number of esters is 1. The Bertz CT molecular complexity index is 549. The number of rotatable bonds is 5. The Kier molecular flexibility index (Phi) is 6.32. The number of ketones is 1. The second-order valence-corrected chi connectivity index (χ2v) is 6.66. The van der Waals surface area contributed by atoms with E-state index in [1.807, 2.05) is 28.7 Å². The number of carbonyl (C=O) groups excluding carboxylic acids is 3. The lowest BCUT2D eigenvalue weighted by atomic mass is 9.91. The number of benzene rings is 1. The van der Waals surface area contributed by atoms with Crippen LogP contribution < -0.4 is 5.32 Å². The fourth-order valence-corrected chi connectivity index (χ4v) is 1.94. The minimum atomic E-state index is -0.633. The van der Waals surface area contributed by atoms with E-state index in [0.717, 1.165) is 3.57 Å². The number of amides is 1. The Morgan fingerprint density at radius 1 is 1.19 bits per heavy atom. The SMILES string of the molecule is CC(C)(C)C(=O)COC(=O)CNC(=O)c1ccccc1I. The van der Waals surface area contributed by atoms with E-state index in [0.29, 0.717) is 5.56 Å². The van der Waals surface area contributed by atoms with Crippen LogP contribution in [0.1, 0.15) is 31.1 Å². The molecule has 6 heteroatoms. The highest BCUT2D eigenvalue weighted by Gasteiger charge is 2.22. The van der Waals surface area contributed by atoms with Gasteiger partial charge in [0.15, 0.2) is 12.4 Å². The van der Waals surface area contributed by atoms with E-state index in [4.69, 9.17) is 4.74 Å². The molecule has 1 aromatic rings. The summed E-state index contributed by atoms with van der Waals surface area (Å²) < 4.78 is 5.64. The summed E-state index contributed by atoms with van der Waals surface area (Å²) in [6.45, 7) is 4.72. The van der Waals surface area contributed by atoms with Gasteiger partial charge in [0.2, 0.25) is 0 Å². The maximum Gasteiger partial charge on any atom is 0.325 e. The van der Waals surface area contributed by atoms with Gasteiger partial charge in [-0.1, -0.05) is 32.9 Å². The molecule has 114 valence electrons. The summed E-state index contributed by atoms with van der Waals surface area (Å²) in [6, 6.07) is 7.05. The van der Waals surface area contributed by atoms with Gasteiger partial charge in [0, 0.05) is 8.99 Å². The first-order chi connectivity index (χ1) is 9.71. The van der Waals surface area contributed by atoms with Crippen LogP contribution in [0, 0.1) is 8.99 Å². The van der Waals surface area contributed by atoms with E-state index < -0.39 is 11.4 Å². The van der Waals surface area contributed by atoms with Gasteiger partial charge in [0.05, 0.1) is 5.56 Å². The van der Waals surface area contributed by atoms with Gasteiger partial charge in [0.25, 0.3) is 5.91 Å². The van der Waals surface area contributed by atoms with Crippen LogP contribution >= 0.6 is 22.6 Å². The van der Waals surface area contributed by atoms with Crippen LogP contribution in [0.2, 0.25) is 0 Å². The van der Waals surface area contributed by atoms with Crippen molar-refractivity contribution in [2.24, 2.45) is 5.41 Å². The van der Waals surface area contributed by atoms with Crippen LogP contribution in [0.25, 0.3) is 0 Å². The van der Waals surface area contributed by atoms with E-state index >= 15 is 0 Å². The fraction of sp³-hybridized carbons (Fsp3) is 0.400. The summed E-state index contributed by atoms with van der Waals surface area (Å²) >= 11 is 2.04. The number of hydrogen-bond acceptors (Lipinski definition) is 4. The first-order valence-corrected chi connectivity index (χ1v) is 7.51. The largest absolute Gasteiger partial charge is 0.456 e. The summed E-state index contributed by atoms with van der Waals surface area (Å²) in [4.78, 5) is 35.0. The third-order valence-electron chi connectivity index (χ3n) is 2.71. The van der Waals surface area contributed by atoms with E-state index in [1.165, 1.54) is 0 Å². The van der Waals surface area contributed by atoms with Crippen molar-refractivity contribution in [3.63, 3.8) is 0 Å². The molecule has 1 amide bonds. The molecular weight excluding hydrogens is 385 g/mol. The quantitative estimate of drug-likeness (QED) is 0.605. The number of hydrogen-bond donors (Lipinski definition) is 1. The smallest absolute Gasteiger partial charge is 0.325 e. The predicted molar refractivity (Wildman–Crippen MR) is 86.9 cm³/mol. The van der Waals surface area contributed by atoms with Crippen molar-refractivity contribution in [1.29, 1.82) is 0 Å². The molecule has 0 fully saturated rings. The van der Waals surface area contributed by atoms with Crippen LogP contribution in [0.5, 0.6) is 0 Å². The summed E-state index contributed by atoms with van der Waals surface area (Å²) in [6.07, 6.45) is 0. The summed E-state index contributed by atoms with van der Waals surface area (Å²) in [5.74, 6) is -1.15. The van der Waals surface area contributed by atoms with Gasteiger partial charge in [-0.15, -0.1) is 0 Å². The van der Waals surface area contributed by atoms with Crippen molar-refractivity contribution >= 4 is 40.3 Å². The number of Topliss-reactive ketones (excluding diaryl/α,β-unsaturated/α-hetero) is 1. The molecule has 1 aromatic carbocycles. The lowest BCUT2D eigenvalue weighted by Gasteiger charge is -2.16. The van der Waals surface area contributed by atoms with Gasteiger partial charge in [-0.05, 0) is 34.7 Å². The van der Waals surface area contributed by atoms with Crippen molar-refractivity contribution < 1.29 is 19.1 Å². The molecule has 0 heterocycles. The van der Waals surface area contributed by atoms with Crippen LogP contribution in [-0.2, 0) is 14.3 Å². The molecular formula is C15H18INO4. The van der Waals surface area contributed by atoms with Crippen molar-refractivity contribution in [3.8, 4) is 0 Å². The fourth-order valence-electron chi connectivity index (χ4n) is 1.31. The van der Waals surface area contributed by atoms with E-state index in [2.05, 4.69) is 5.32 Å². The Labute approximate surface area is 137 Å². The number of nitrogens with one attached hydrogen (secondary N) is 1. The summed E-state index contributed by atoms with van der Waals surface area (Å²) in [5.41, 5.74) is -0.0550. The maximum absolute atomic E-state index is 11.9. The number of halogens is 1. The van der Waals surface area contributed by atoms with Gasteiger partial charge in [0.1, 0.15) is 6.54 Å². The minimum Gasteiger partial charge on any atom is -0.456 e. The van der Waals surface area contributed by atoms with E-state index in [1.54, 1.807) is 39.0 Å². The monoisotopic (exact) mass is 403 g/mol. The zero-order valence-corrected chi connectivity index (χ0v) is 14.4. The third-order valence-corrected chi connectivity index (χ3v) is 3.65. The van der Waals surface area contributed by atoms with Gasteiger partial charge in [-0.25, -0.2) is 0 Å². The average molecular weight is 403 g/mol. The summed E-state index contributed by atoms with van der Waals surface area (Å²) in [5, 5.41) is 2.47. The van der Waals surface area contributed by atoms with Crippen molar-refractivity contribution in [2.75, 3.05) is 13.2 Å². The molecule has 5 nitrogen and oxygen atoms in total. The molecule has 0 radical (unpaired) electrons. The van der Waals surface area contributed by atoms with Crippen molar-refractivity contribution in [2.45, 2.75) is 20.8 Å². The predicted octanol–water partition coefficient (Wildman–Crippen LogP) is 2.18. The molecule has 0 aliphatic heterocycles.